The van der Waals surface area contributed by atoms with Crippen LogP contribution in [0.1, 0.15) is 24.4 Å². The van der Waals surface area contributed by atoms with Crippen LogP contribution in [0, 0.1) is 13.8 Å². The Bertz CT molecular complexity index is 1290. The molecule has 144 valence electrons. The normalized spacial score (nSPS) is 12.6. The number of amides is 1. The number of anilines is 1. The van der Waals surface area contributed by atoms with Crippen LogP contribution in [0.15, 0.2) is 41.2 Å². The van der Waals surface area contributed by atoms with Crippen molar-refractivity contribution in [2.24, 2.45) is 14.1 Å². The molecule has 0 aliphatic heterocycles. The van der Waals surface area contributed by atoms with Gasteiger partial charge in [0.25, 0.3) is 0 Å². The first-order valence-corrected chi connectivity index (χ1v) is 9.20. The third-order valence-electron chi connectivity index (χ3n) is 5.41. The lowest BCUT2D eigenvalue weighted by Gasteiger charge is -2.17. The van der Waals surface area contributed by atoms with E-state index >= 15 is 0 Å². The summed E-state index contributed by atoms with van der Waals surface area (Å²) in [5, 5.41) is 3.03. The molecule has 4 rings (SSSR count). The maximum absolute atomic E-state index is 13.0. The maximum atomic E-state index is 13.0. The molecule has 0 aliphatic carbocycles. The van der Waals surface area contributed by atoms with Crippen molar-refractivity contribution in [3.05, 3.63) is 58.3 Å². The molecule has 1 N–H and O–H groups in total. The fourth-order valence-electron chi connectivity index (χ4n) is 3.79. The second kappa shape index (κ2) is 6.37. The molecule has 28 heavy (non-hydrogen) atoms. The number of imidazole rings is 2. The highest BCUT2D eigenvalue weighted by atomic mass is 16.2. The molecular formula is C21H23N5O2. The summed E-state index contributed by atoms with van der Waals surface area (Å²) in [6.07, 6.45) is 0. The SMILES string of the molecule is Cc1cc2c(cc1NC(=O)[C@@H](C)n1c(C)nc3ccccc31)n(C)c(=O)n2C. The fourth-order valence-corrected chi connectivity index (χ4v) is 3.79. The Balaban J connectivity index is 1.72. The van der Waals surface area contributed by atoms with Gasteiger partial charge >= 0.3 is 5.69 Å². The van der Waals surface area contributed by atoms with E-state index in [4.69, 9.17) is 0 Å². The average Bonchev–Trinajstić information content (AvgIpc) is 3.11. The highest BCUT2D eigenvalue weighted by molar-refractivity contribution is 5.97. The summed E-state index contributed by atoms with van der Waals surface area (Å²) in [6, 6.07) is 11.1. The first-order chi connectivity index (χ1) is 13.3. The third kappa shape index (κ3) is 2.62. The van der Waals surface area contributed by atoms with Gasteiger partial charge in [0.15, 0.2) is 0 Å². The van der Waals surface area contributed by atoms with E-state index in [0.717, 1.165) is 33.5 Å². The molecule has 7 heteroatoms. The number of fused-ring (bicyclic) bond motifs is 2. The van der Waals surface area contributed by atoms with Crippen LogP contribution in [0.3, 0.4) is 0 Å². The minimum atomic E-state index is -0.429. The van der Waals surface area contributed by atoms with Gasteiger partial charge in [-0.3, -0.25) is 13.9 Å². The quantitative estimate of drug-likeness (QED) is 0.596. The van der Waals surface area contributed by atoms with Crippen LogP contribution >= 0.6 is 0 Å². The topological polar surface area (TPSA) is 73.8 Å². The third-order valence-corrected chi connectivity index (χ3v) is 5.41. The monoisotopic (exact) mass is 377 g/mol. The molecule has 0 bridgehead atoms. The molecule has 0 radical (unpaired) electrons. The number of benzene rings is 2. The van der Waals surface area contributed by atoms with Gasteiger partial charge in [-0.2, -0.15) is 0 Å². The van der Waals surface area contributed by atoms with E-state index in [-0.39, 0.29) is 11.6 Å². The van der Waals surface area contributed by atoms with Crippen molar-refractivity contribution in [3.63, 3.8) is 0 Å². The molecule has 0 aliphatic rings. The van der Waals surface area contributed by atoms with Crippen LogP contribution in [0.4, 0.5) is 5.69 Å². The predicted molar refractivity (Wildman–Crippen MR) is 111 cm³/mol. The Morgan fingerprint density at radius 3 is 2.39 bits per heavy atom. The van der Waals surface area contributed by atoms with Crippen LogP contribution in [-0.2, 0) is 18.9 Å². The lowest BCUT2D eigenvalue weighted by Crippen LogP contribution is -2.24. The molecule has 1 atom stereocenters. The molecule has 2 heterocycles. The zero-order chi connectivity index (χ0) is 20.2. The Morgan fingerprint density at radius 2 is 1.68 bits per heavy atom. The number of rotatable bonds is 3. The van der Waals surface area contributed by atoms with Crippen molar-refractivity contribution < 1.29 is 4.79 Å². The first-order valence-electron chi connectivity index (χ1n) is 9.20. The molecule has 7 nitrogen and oxygen atoms in total. The number of carbonyl (C=O) groups is 1. The summed E-state index contributed by atoms with van der Waals surface area (Å²) in [5.41, 5.74) is 4.94. The van der Waals surface area contributed by atoms with Gasteiger partial charge in [0, 0.05) is 19.8 Å². The van der Waals surface area contributed by atoms with Gasteiger partial charge < -0.3 is 9.88 Å². The van der Waals surface area contributed by atoms with Gasteiger partial charge in [-0.15, -0.1) is 0 Å². The Morgan fingerprint density at radius 1 is 1.04 bits per heavy atom. The number of aryl methyl sites for hydroxylation is 4. The van der Waals surface area contributed by atoms with Crippen molar-refractivity contribution in [2.75, 3.05) is 5.32 Å². The summed E-state index contributed by atoms with van der Waals surface area (Å²) in [5.74, 6) is 0.663. The minimum absolute atomic E-state index is 0.0910. The molecule has 0 fully saturated rings. The fraction of sp³-hybridized carbons (Fsp3) is 0.286. The Kier molecular flexibility index (Phi) is 4.10. The lowest BCUT2D eigenvalue weighted by atomic mass is 10.1. The molecule has 0 spiro atoms. The number of nitrogens with zero attached hydrogens (tertiary/aromatic N) is 4. The molecule has 0 unspecified atom stereocenters. The largest absolute Gasteiger partial charge is 0.328 e. The van der Waals surface area contributed by atoms with Gasteiger partial charge in [0.05, 0.1) is 22.1 Å². The summed E-state index contributed by atoms with van der Waals surface area (Å²) in [4.78, 5) is 29.8. The number of hydrogen-bond acceptors (Lipinski definition) is 3. The van der Waals surface area contributed by atoms with Crippen LogP contribution < -0.4 is 11.0 Å². The van der Waals surface area contributed by atoms with E-state index < -0.39 is 6.04 Å². The van der Waals surface area contributed by atoms with Crippen LogP contribution in [0.25, 0.3) is 22.1 Å². The molecule has 0 saturated carbocycles. The summed E-state index contributed by atoms with van der Waals surface area (Å²) in [6.45, 7) is 5.69. The summed E-state index contributed by atoms with van der Waals surface area (Å²) < 4.78 is 5.13. The first kappa shape index (κ1) is 18.0. The number of para-hydroxylation sites is 2. The van der Waals surface area contributed by atoms with Crippen LogP contribution in [0.5, 0.6) is 0 Å². The van der Waals surface area contributed by atoms with Gasteiger partial charge in [0.1, 0.15) is 11.9 Å². The molecule has 1 amide bonds. The zero-order valence-corrected chi connectivity index (χ0v) is 16.6. The van der Waals surface area contributed by atoms with E-state index in [1.54, 1.807) is 23.2 Å². The van der Waals surface area contributed by atoms with E-state index in [2.05, 4.69) is 10.3 Å². The van der Waals surface area contributed by atoms with E-state index in [1.807, 2.05) is 61.7 Å². The van der Waals surface area contributed by atoms with Gasteiger partial charge in [-0.25, -0.2) is 9.78 Å². The van der Waals surface area contributed by atoms with Crippen molar-refractivity contribution in [1.82, 2.24) is 18.7 Å². The van der Waals surface area contributed by atoms with Crippen molar-refractivity contribution in [2.45, 2.75) is 26.8 Å². The highest BCUT2D eigenvalue weighted by Gasteiger charge is 2.21. The maximum Gasteiger partial charge on any atom is 0.328 e. The second-order valence-electron chi connectivity index (χ2n) is 7.24. The molecule has 4 aromatic rings. The lowest BCUT2D eigenvalue weighted by molar-refractivity contribution is -0.118. The average molecular weight is 377 g/mol. The Labute approximate surface area is 162 Å². The van der Waals surface area contributed by atoms with E-state index in [0.29, 0.717) is 5.69 Å². The van der Waals surface area contributed by atoms with Crippen molar-refractivity contribution >= 4 is 33.7 Å². The zero-order valence-electron chi connectivity index (χ0n) is 16.6. The summed E-state index contributed by atoms with van der Waals surface area (Å²) >= 11 is 0. The van der Waals surface area contributed by atoms with Crippen LogP contribution in [0.2, 0.25) is 0 Å². The smallest absolute Gasteiger partial charge is 0.324 e. The summed E-state index contributed by atoms with van der Waals surface area (Å²) in [7, 11) is 3.48. The minimum Gasteiger partial charge on any atom is -0.324 e. The van der Waals surface area contributed by atoms with Gasteiger partial charge in [0.2, 0.25) is 5.91 Å². The standard InChI is InChI=1S/C21H23N5O2/c1-12-10-18-19(25(5)21(28)24(18)4)11-16(12)23-20(27)13(2)26-14(3)22-15-8-6-7-9-17(15)26/h6-11,13H,1-5H3,(H,23,27)/t13-/m1/s1. The number of hydrogen-bond donors (Lipinski definition) is 1. The Hall–Kier alpha value is -3.35. The van der Waals surface area contributed by atoms with E-state index in [9.17, 15) is 9.59 Å². The number of aromatic nitrogens is 4. The highest BCUT2D eigenvalue weighted by Crippen LogP contribution is 2.25. The molecular weight excluding hydrogens is 354 g/mol. The van der Waals surface area contributed by atoms with Crippen LogP contribution in [-0.4, -0.2) is 24.6 Å². The molecule has 2 aromatic carbocycles. The van der Waals surface area contributed by atoms with Gasteiger partial charge in [-0.1, -0.05) is 12.1 Å². The molecule has 0 saturated heterocycles. The second-order valence-corrected chi connectivity index (χ2v) is 7.24. The van der Waals surface area contributed by atoms with Crippen molar-refractivity contribution in [3.8, 4) is 0 Å². The number of carbonyl (C=O) groups excluding carboxylic acids is 1. The van der Waals surface area contributed by atoms with E-state index in [1.165, 1.54) is 0 Å². The molecule has 2 aromatic heterocycles. The van der Waals surface area contributed by atoms with Crippen molar-refractivity contribution in [1.29, 1.82) is 0 Å². The predicted octanol–water partition coefficient (Wildman–Crippen LogP) is 3.04. The number of nitrogens with one attached hydrogen (secondary N) is 1. The van der Waals surface area contributed by atoms with Gasteiger partial charge in [-0.05, 0) is 50.6 Å².